The zero-order valence-corrected chi connectivity index (χ0v) is 10.8. The van der Waals surface area contributed by atoms with Crippen molar-refractivity contribution in [2.24, 2.45) is 0 Å². The molecule has 3 nitrogen and oxygen atoms in total. The van der Waals surface area contributed by atoms with Crippen LogP contribution in [0.15, 0.2) is 36.4 Å². The summed E-state index contributed by atoms with van der Waals surface area (Å²) >= 11 is 0. The van der Waals surface area contributed by atoms with Crippen LogP contribution in [0, 0.1) is 18.6 Å². The minimum atomic E-state index is -0.681. The summed E-state index contributed by atoms with van der Waals surface area (Å²) in [5.41, 5.74) is 7.01. The summed E-state index contributed by atoms with van der Waals surface area (Å²) in [4.78, 5) is 11.8. The van der Waals surface area contributed by atoms with Crippen LogP contribution in [0.2, 0.25) is 0 Å². The molecular formula is C15H13F2NO2. The fourth-order valence-electron chi connectivity index (χ4n) is 1.78. The van der Waals surface area contributed by atoms with Gasteiger partial charge in [0.2, 0.25) is 0 Å². The highest BCUT2D eigenvalue weighted by Gasteiger charge is 2.10. The van der Waals surface area contributed by atoms with Crippen LogP contribution in [0.5, 0.6) is 0 Å². The van der Waals surface area contributed by atoms with Gasteiger partial charge >= 0.3 is 5.97 Å². The van der Waals surface area contributed by atoms with Crippen molar-refractivity contribution in [1.82, 2.24) is 0 Å². The minimum Gasteiger partial charge on any atom is -0.457 e. The number of rotatable bonds is 3. The topological polar surface area (TPSA) is 52.3 Å². The second-order valence-electron chi connectivity index (χ2n) is 4.42. The van der Waals surface area contributed by atoms with E-state index in [0.717, 1.165) is 12.1 Å². The maximum absolute atomic E-state index is 13.1. The van der Waals surface area contributed by atoms with Crippen molar-refractivity contribution < 1.29 is 18.3 Å². The number of esters is 1. The molecule has 0 aliphatic carbocycles. The van der Waals surface area contributed by atoms with Crippen molar-refractivity contribution in [1.29, 1.82) is 0 Å². The summed E-state index contributed by atoms with van der Waals surface area (Å²) in [5, 5.41) is 0. The summed E-state index contributed by atoms with van der Waals surface area (Å²) in [7, 11) is 0. The van der Waals surface area contributed by atoms with Crippen LogP contribution in [0.25, 0.3) is 0 Å². The number of anilines is 1. The van der Waals surface area contributed by atoms with Gasteiger partial charge in [0.05, 0.1) is 5.56 Å². The molecule has 0 fully saturated rings. The van der Waals surface area contributed by atoms with Crippen molar-refractivity contribution in [2.75, 3.05) is 5.73 Å². The van der Waals surface area contributed by atoms with Gasteiger partial charge in [-0.1, -0.05) is 6.07 Å². The van der Waals surface area contributed by atoms with Gasteiger partial charge in [-0.25, -0.2) is 13.6 Å². The number of benzene rings is 2. The summed E-state index contributed by atoms with van der Waals surface area (Å²) in [6.07, 6.45) is 0. The molecule has 0 saturated heterocycles. The Hall–Kier alpha value is -2.43. The highest BCUT2D eigenvalue weighted by molar-refractivity contribution is 5.90. The molecule has 0 aliphatic rings. The van der Waals surface area contributed by atoms with Crippen LogP contribution in [-0.2, 0) is 11.3 Å². The Morgan fingerprint density at radius 3 is 2.55 bits per heavy atom. The van der Waals surface area contributed by atoms with Gasteiger partial charge in [-0.2, -0.15) is 0 Å². The Labute approximate surface area is 115 Å². The Bertz CT molecular complexity index is 636. The SMILES string of the molecule is Cc1cc(F)ccc1COC(=O)c1cc(N)cc(F)c1. The summed E-state index contributed by atoms with van der Waals surface area (Å²) in [5.74, 6) is -1.63. The van der Waals surface area contributed by atoms with Gasteiger partial charge in [0.25, 0.3) is 0 Å². The van der Waals surface area contributed by atoms with Gasteiger partial charge in [-0.05, 0) is 48.4 Å². The van der Waals surface area contributed by atoms with Gasteiger partial charge in [0, 0.05) is 5.69 Å². The third-order valence-corrected chi connectivity index (χ3v) is 2.82. The zero-order chi connectivity index (χ0) is 14.7. The standard InChI is InChI=1S/C15H13F2NO2/c1-9-4-12(16)3-2-10(9)8-20-15(19)11-5-13(17)7-14(18)6-11/h2-7H,8,18H2,1H3. The van der Waals surface area contributed by atoms with Gasteiger partial charge < -0.3 is 10.5 Å². The molecule has 0 bridgehead atoms. The molecule has 0 saturated carbocycles. The molecule has 0 aromatic heterocycles. The smallest absolute Gasteiger partial charge is 0.338 e. The molecule has 0 radical (unpaired) electrons. The average molecular weight is 277 g/mol. The molecule has 5 heteroatoms. The predicted molar refractivity (Wildman–Crippen MR) is 71.1 cm³/mol. The molecule has 2 rings (SSSR count). The van der Waals surface area contributed by atoms with Crippen LogP contribution in [-0.4, -0.2) is 5.97 Å². The number of aryl methyl sites for hydroxylation is 1. The van der Waals surface area contributed by atoms with Gasteiger partial charge in [-0.15, -0.1) is 0 Å². The van der Waals surface area contributed by atoms with E-state index in [9.17, 15) is 13.6 Å². The molecule has 0 aliphatic heterocycles. The molecule has 2 N–H and O–H groups in total. The first-order chi connectivity index (χ1) is 9.45. The lowest BCUT2D eigenvalue weighted by molar-refractivity contribution is 0.0471. The maximum atomic E-state index is 13.1. The molecule has 0 heterocycles. The molecule has 2 aromatic rings. The first kappa shape index (κ1) is 14.0. The van der Waals surface area contributed by atoms with Gasteiger partial charge in [-0.3, -0.25) is 0 Å². The summed E-state index contributed by atoms with van der Waals surface area (Å²) in [6.45, 7) is 1.70. The number of hydrogen-bond donors (Lipinski definition) is 1. The third kappa shape index (κ3) is 3.32. The van der Waals surface area contributed by atoms with Crippen molar-refractivity contribution in [2.45, 2.75) is 13.5 Å². The van der Waals surface area contributed by atoms with Crippen molar-refractivity contribution >= 4 is 11.7 Å². The monoisotopic (exact) mass is 277 g/mol. The lowest BCUT2D eigenvalue weighted by Gasteiger charge is -2.08. The van der Waals surface area contributed by atoms with Crippen LogP contribution < -0.4 is 5.73 Å². The quantitative estimate of drug-likeness (QED) is 0.692. The molecule has 0 atom stereocenters. The normalized spacial score (nSPS) is 10.3. The maximum Gasteiger partial charge on any atom is 0.338 e. The Morgan fingerprint density at radius 1 is 1.15 bits per heavy atom. The first-order valence-electron chi connectivity index (χ1n) is 5.94. The number of halogens is 2. The second-order valence-corrected chi connectivity index (χ2v) is 4.42. The summed E-state index contributed by atoms with van der Waals surface area (Å²) in [6, 6.07) is 7.68. The van der Waals surface area contributed by atoms with Crippen molar-refractivity contribution in [3.63, 3.8) is 0 Å². The third-order valence-electron chi connectivity index (χ3n) is 2.82. The zero-order valence-electron chi connectivity index (χ0n) is 10.8. The van der Waals surface area contributed by atoms with Crippen LogP contribution in [0.3, 0.4) is 0 Å². The van der Waals surface area contributed by atoms with Crippen molar-refractivity contribution in [3.05, 3.63) is 64.7 Å². The number of carbonyl (C=O) groups excluding carboxylic acids is 1. The lowest BCUT2D eigenvalue weighted by Crippen LogP contribution is -2.07. The van der Waals surface area contributed by atoms with E-state index in [-0.39, 0.29) is 23.7 Å². The Kier molecular flexibility index (Phi) is 3.98. The predicted octanol–water partition coefficient (Wildman–Crippen LogP) is 3.21. The fraction of sp³-hybridized carbons (Fsp3) is 0.133. The number of nitrogen functional groups attached to an aromatic ring is 1. The van der Waals surface area contributed by atoms with E-state index < -0.39 is 11.8 Å². The number of carbonyl (C=O) groups is 1. The molecule has 104 valence electrons. The molecule has 0 unspecified atom stereocenters. The largest absolute Gasteiger partial charge is 0.457 e. The van der Waals surface area contributed by atoms with Crippen molar-refractivity contribution in [3.8, 4) is 0 Å². The lowest BCUT2D eigenvalue weighted by atomic mass is 10.1. The highest BCUT2D eigenvalue weighted by Crippen LogP contribution is 2.15. The highest BCUT2D eigenvalue weighted by atomic mass is 19.1. The Morgan fingerprint density at radius 2 is 1.90 bits per heavy atom. The minimum absolute atomic E-state index is 0.0125. The Balaban J connectivity index is 2.08. The molecule has 2 aromatic carbocycles. The molecular weight excluding hydrogens is 264 g/mol. The molecule has 0 amide bonds. The van der Waals surface area contributed by atoms with E-state index in [1.165, 1.54) is 24.3 Å². The van der Waals surface area contributed by atoms with E-state index in [1.54, 1.807) is 6.92 Å². The average Bonchev–Trinajstić information content (AvgIpc) is 2.36. The second kappa shape index (κ2) is 5.69. The van der Waals surface area contributed by atoms with E-state index in [4.69, 9.17) is 10.5 Å². The first-order valence-corrected chi connectivity index (χ1v) is 5.94. The molecule has 20 heavy (non-hydrogen) atoms. The van der Waals surface area contributed by atoms with E-state index in [1.807, 2.05) is 0 Å². The van der Waals surface area contributed by atoms with Gasteiger partial charge in [0.1, 0.15) is 18.2 Å². The van der Waals surface area contributed by atoms with Crippen LogP contribution >= 0.6 is 0 Å². The number of ether oxygens (including phenoxy) is 1. The van der Waals surface area contributed by atoms with Gasteiger partial charge in [0.15, 0.2) is 0 Å². The van der Waals surface area contributed by atoms with E-state index in [2.05, 4.69) is 0 Å². The summed E-state index contributed by atoms with van der Waals surface area (Å²) < 4.78 is 31.1. The van der Waals surface area contributed by atoms with Crippen LogP contribution in [0.1, 0.15) is 21.5 Å². The number of hydrogen-bond acceptors (Lipinski definition) is 3. The molecule has 0 spiro atoms. The van der Waals surface area contributed by atoms with E-state index in [0.29, 0.717) is 11.1 Å². The van der Waals surface area contributed by atoms with E-state index >= 15 is 0 Å². The number of nitrogens with two attached hydrogens (primary N) is 1. The van der Waals surface area contributed by atoms with Crippen LogP contribution in [0.4, 0.5) is 14.5 Å². The fourth-order valence-corrected chi connectivity index (χ4v) is 1.78.